The number of aliphatic hydroxyl groups excluding tert-OH is 2. The van der Waals surface area contributed by atoms with Crippen LogP contribution in [0, 0.1) is 11.7 Å². The van der Waals surface area contributed by atoms with Gasteiger partial charge in [-0.1, -0.05) is 12.1 Å². The fraction of sp³-hybridized carbons (Fsp3) is 0.533. The van der Waals surface area contributed by atoms with Gasteiger partial charge in [0.05, 0.1) is 24.2 Å². The quantitative estimate of drug-likeness (QED) is 0.784. The van der Waals surface area contributed by atoms with Gasteiger partial charge in [-0.15, -0.1) is 0 Å². The summed E-state index contributed by atoms with van der Waals surface area (Å²) < 4.78 is 12.8. The number of nitrogens with one attached hydrogen (secondary N) is 1. The summed E-state index contributed by atoms with van der Waals surface area (Å²) in [5.41, 5.74) is 0.547. The highest BCUT2D eigenvalue weighted by atomic mass is 19.1. The van der Waals surface area contributed by atoms with Crippen LogP contribution < -0.4 is 5.32 Å². The molecule has 0 aromatic heterocycles. The lowest BCUT2D eigenvalue weighted by Gasteiger charge is -2.23. The predicted octanol–water partition coefficient (Wildman–Crippen LogP) is 1.52. The fourth-order valence-electron chi connectivity index (χ4n) is 2.61. The molecule has 0 heterocycles. The first-order valence-electron chi connectivity index (χ1n) is 6.91. The van der Waals surface area contributed by atoms with Gasteiger partial charge in [0.15, 0.2) is 0 Å². The molecule has 1 aromatic carbocycles. The van der Waals surface area contributed by atoms with E-state index in [0.29, 0.717) is 18.4 Å². The van der Waals surface area contributed by atoms with Gasteiger partial charge in [-0.25, -0.2) is 4.39 Å². The first-order chi connectivity index (χ1) is 9.49. The average molecular weight is 281 g/mol. The van der Waals surface area contributed by atoms with E-state index < -0.39 is 24.2 Å². The SMILES string of the molecule is CC(NC(=O)C1CCCC1O)C(O)c1ccc(F)cc1. The normalized spacial score (nSPS) is 25.2. The molecule has 0 aliphatic heterocycles. The molecule has 3 N–H and O–H groups in total. The molecule has 4 atom stereocenters. The van der Waals surface area contributed by atoms with Crippen molar-refractivity contribution in [1.29, 1.82) is 0 Å². The Morgan fingerprint density at radius 1 is 1.35 bits per heavy atom. The maximum absolute atomic E-state index is 12.8. The summed E-state index contributed by atoms with van der Waals surface area (Å²) in [7, 11) is 0. The minimum absolute atomic E-state index is 0.233. The van der Waals surface area contributed by atoms with Crippen molar-refractivity contribution >= 4 is 5.91 Å². The van der Waals surface area contributed by atoms with Crippen molar-refractivity contribution in [2.24, 2.45) is 5.92 Å². The zero-order chi connectivity index (χ0) is 14.7. The third kappa shape index (κ3) is 3.35. The Kier molecular flexibility index (Phi) is 4.73. The third-order valence-corrected chi connectivity index (χ3v) is 3.87. The zero-order valence-corrected chi connectivity index (χ0v) is 11.4. The summed E-state index contributed by atoms with van der Waals surface area (Å²) >= 11 is 0. The van der Waals surface area contributed by atoms with E-state index in [1.54, 1.807) is 6.92 Å². The van der Waals surface area contributed by atoms with Gasteiger partial charge in [0.1, 0.15) is 5.82 Å². The van der Waals surface area contributed by atoms with Crippen LogP contribution in [0.3, 0.4) is 0 Å². The summed E-state index contributed by atoms with van der Waals surface area (Å²) in [6, 6.07) is 5.03. The van der Waals surface area contributed by atoms with E-state index in [1.165, 1.54) is 24.3 Å². The molecule has 1 aliphatic rings. The molecule has 20 heavy (non-hydrogen) atoms. The molecule has 0 radical (unpaired) electrons. The first-order valence-corrected chi connectivity index (χ1v) is 6.91. The number of aliphatic hydroxyl groups is 2. The number of hydrogen-bond donors (Lipinski definition) is 3. The van der Waals surface area contributed by atoms with Crippen molar-refractivity contribution in [3.8, 4) is 0 Å². The molecule has 1 saturated carbocycles. The van der Waals surface area contributed by atoms with Crippen LogP contribution in [0.2, 0.25) is 0 Å². The largest absolute Gasteiger partial charge is 0.392 e. The van der Waals surface area contributed by atoms with Crippen molar-refractivity contribution in [3.63, 3.8) is 0 Å². The predicted molar refractivity (Wildman–Crippen MR) is 72.3 cm³/mol. The topological polar surface area (TPSA) is 69.6 Å². The van der Waals surface area contributed by atoms with Crippen LogP contribution in [0.1, 0.15) is 37.9 Å². The summed E-state index contributed by atoms with van der Waals surface area (Å²) in [5, 5.41) is 22.6. The number of amides is 1. The van der Waals surface area contributed by atoms with E-state index >= 15 is 0 Å². The summed E-state index contributed by atoms with van der Waals surface area (Å²) in [6.07, 6.45) is 0.663. The lowest BCUT2D eigenvalue weighted by molar-refractivity contribution is -0.129. The van der Waals surface area contributed by atoms with Crippen molar-refractivity contribution < 1.29 is 19.4 Å². The van der Waals surface area contributed by atoms with E-state index in [0.717, 1.165) is 6.42 Å². The fourth-order valence-corrected chi connectivity index (χ4v) is 2.61. The maximum atomic E-state index is 12.8. The van der Waals surface area contributed by atoms with E-state index in [4.69, 9.17) is 0 Å². The monoisotopic (exact) mass is 281 g/mol. The Morgan fingerprint density at radius 2 is 2.00 bits per heavy atom. The Labute approximate surface area is 117 Å². The average Bonchev–Trinajstić information content (AvgIpc) is 2.85. The van der Waals surface area contributed by atoms with E-state index in [-0.39, 0.29) is 11.7 Å². The van der Waals surface area contributed by atoms with Gasteiger partial charge in [0.2, 0.25) is 5.91 Å². The Morgan fingerprint density at radius 3 is 2.55 bits per heavy atom. The second-order valence-corrected chi connectivity index (χ2v) is 5.40. The van der Waals surface area contributed by atoms with Crippen molar-refractivity contribution in [3.05, 3.63) is 35.6 Å². The molecule has 1 aliphatic carbocycles. The zero-order valence-electron chi connectivity index (χ0n) is 11.4. The molecule has 5 heteroatoms. The summed E-state index contributed by atoms with van der Waals surface area (Å²) in [4.78, 5) is 12.0. The number of carbonyl (C=O) groups is 1. The lowest BCUT2D eigenvalue weighted by atomic mass is 10.0. The van der Waals surface area contributed by atoms with Crippen LogP contribution in [0.5, 0.6) is 0 Å². The highest BCUT2D eigenvalue weighted by Crippen LogP contribution is 2.26. The van der Waals surface area contributed by atoms with Gasteiger partial charge in [-0.3, -0.25) is 4.79 Å². The Hall–Kier alpha value is -1.46. The Bertz CT molecular complexity index is 463. The van der Waals surface area contributed by atoms with Crippen LogP contribution >= 0.6 is 0 Å². The van der Waals surface area contributed by atoms with Crippen LogP contribution in [0.25, 0.3) is 0 Å². The van der Waals surface area contributed by atoms with Crippen LogP contribution in [-0.4, -0.2) is 28.3 Å². The molecule has 4 unspecified atom stereocenters. The minimum atomic E-state index is -0.905. The van der Waals surface area contributed by atoms with Gasteiger partial charge >= 0.3 is 0 Å². The van der Waals surface area contributed by atoms with Gasteiger partial charge < -0.3 is 15.5 Å². The molecule has 0 bridgehead atoms. The highest BCUT2D eigenvalue weighted by Gasteiger charge is 2.32. The summed E-state index contributed by atoms with van der Waals surface area (Å²) in [5.74, 6) is -0.992. The second kappa shape index (κ2) is 6.33. The molecular weight excluding hydrogens is 261 g/mol. The van der Waals surface area contributed by atoms with Gasteiger partial charge in [-0.05, 0) is 43.9 Å². The smallest absolute Gasteiger partial charge is 0.226 e. The van der Waals surface area contributed by atoms with Crippen molar-refractivity contribution in [2.75, 3.05) is 0 Å². The number of rotatable bonds is 4. The van der Waals surface area contributed by atoms with Crippen molar-refractivity contribution in [2.45, 2.75) is 44.4 Å². The van der Waals surface area contributed by atoms with Gasteiger partial charge in [0, 0.05) is 0 Å². The third-order valence-electron chi connectivity index (χ3n) is 3.87. The number of hydrogen-bond acceptors (Lipinski definition) is 3. The number of benzene rings is 1. The lowest BCUT2D eigenvalue weighted by Crippen LogP contribution is -2.42. The van der Waals surface area contributed by atoms with Crippen molar-refractivity contribution in [1.82, 2.24) is 5.32 Å². The summed E-state index contributed by atoms with van der Waals surface area (Å²) in [6.45, 7) is 1.69. The molecule has 1 aromatic rings. The molecule has 110 valence electrons. The molecule has 2 rings (SSSR count). The first kappa shape index (κ1) is 14.9. The molecule has 1 fully saturated rings. The standard InChI is InChI=1S/C15H20FNO3/c1-9(14(19)10-5-7-11(16)8-6-10)17-15(20)12-3-2-4-13(12)18/h5-9,12-14,18-19H,2-4H2,1H3,(H,17,20). The Balaban J connectivity index is 1.95. The molecule has 4 nitrogen and oxygen atoms in total. The number of halogens is 1. The molecule has 1 amide bonds. The van der Waals surface area contributed by atoms with Crippen LogP contribution in [0.15, 0.2) is 24.3 Å². The molecule has 0 spiro atoms. The minimum Gasteiger partial charge on any atom is -0.392 e. The van der Waals surface area contributed by atoms with E-state index in [1.807, 2.05) is 0 Å². The van der Waals surface area contributed by atoms with Gasteiger partial charge in [-0.2, -0.15) is 0 Å². The molecule has 0 saturated heterocycles. The van der Waals surface area contributed by atoms with Crippen LogP contribution in [-0.2, 0) is 4.79 Å². The van der Waals surface area contributed by atoms with Crippen LogP contribution in [0.4, 0.5) is 4.39 Å². The number of carbonyl (C=O) groups excluding carboxylic acids is 1. The molecular formula is C15H20FNO3. The van der Waals surface area contributed by atoms with Gasteiger partial charge in [0.25, 0.3) is 0 Å². The second-order valence-electron chi connectivity index (χ2n) is 5.40. The van der Waals surface area contributed by atoms with E-state index in [2.05, 4.69) is 5.32 Å². The highest BCUT2D eigenvalue weighted by molar-refractivity contribution is 5.79. The maximum Gasteiger partial charge on any atom is 0.226 e. The van der Waals surface area contributed by atoms with E-state index in [9.17, 15) is 19.4 Å².